The van der Waals surface area contributed by atoms with E-state index in [4.69, 9.17) is 9.47 Å². The third-order valence-corrected chi connectivity index (χ3v) is 1.67. The molecular formula is C14H22O4V. The Morgan fingerprint density at radius 1 is 1.16 bits per heavy atom. The van der Waals surface area contributed by atoms with Crippen LogP contribution >= 0.6 is 0 Å². The van der Waals surface area contributed by atoms with Gasteiger partial charge in [0.2, 0.25) is 0 Å². The van der Waals surface area contributed by atoms with Crippen molar-refractivity contribution in [2.45, 2.75) is 34.6 Å². The third-order valence-electron chi connectivity index (χ3n) is 1.67. The average Bonchev–Trinajstić information content (AvgIpc) is 2.30. The van der Waals surface area contributed by atoms with Gasteiger partial charge in [-0.1, -0.05) is 27.3 Å². The van der Waals surface area contributed by atoms with Crippen LogP contribution in [-0.2, 0) is 28.1 Å². The van der Waals surface area contributed by atoms with Gasteiger partial charge in [-0.15, -0.1) is 0 Å². The van der Waals surface area contributed by atoms with E-state index < -0.39 is 5.97 Å². The van der Waals surface area contributed by atoms with Crippen LogP contribution < -0.4 is 9.47 Å². The molecule has 0 aliphatic rings. The minimum Gasteiger partial charge on any atom is -0.497 e. The molecule has 0 saturated carbocycles. The number of ketones is 1. The van der Waals surface area contributed by atoms with E-state index in [1.54, 1.807) is 24.3 Å². The zero-order valence-electron chi connectivity index (χ0n) is 11.1. The number of Topliss-reactive ketones (excluding diaryl/α,β-unsaturated/α-hetero) is 1. The van der Waals surface area contributed by atoms with Crippen LogP contribution in [0, 0.1) is 0 Å². The molecule has 0 aliphatic heterocycles. The van der Waals surface area contributed by atoms with E-state index in [1.807, 2.05) is 13.8 Å². The Hall–Kier alpha value is -1.26. The molecule has 0 bridgehead atoms. The van der Waals surface area contributed by atoms with Gasteiger partial charge in [-0.3, -0.25) is 9.59 Å². The van der Waals surface area contributed by atoms with E-state index in [1.165, 1.54) is 14.0 Å². The van der Waals surface area contributed by atoms with Gasteiger partial charge in [0.1, 0.15) is 23.7 Å². The van der Waals surface area contributed by atoms with Gasteiger partial charge in [-0.25, -0.2) is 0 Å². The summed E-state index contributed by atoms with van der Waals surface area (Å²) in [7, 11) is 1.52. The minimum atomic E-state index is -0.559. The number of carbonyl (C=O) groups excluding carboxylic acids is 2. The van der Waals surface area contributed by atoms with Crippen LogP contribution in [0.3, 0.4) is 0 Å². The maximum absolute atomic E-state index is 11.1. The van der Waals surface area contributed by atoms with Crippen molar-refractivity contribution in [1.29, 1.82) is 0 Å². The minimum absolute atomic E-state index is 0. The fraction of sp³-hybridized carbons (Fsp3) is 0.429. The number of hydrogen-bond acceptors (Lipinski definition) is 4. The molecule has 0 atom stereocenters. The molecule has 107 valence electrons. The van der Waals surface area contributed by atoms with Gasteiger partial charge in [0.05, 0.1) is 7.11 Å². The maximum atomic E-state index is 11.1. The molecule has 0 unspecified atom stereocenters. The SMILES string of the molecule is C.CC.COc1cccc(OC(=O)CC(C)=O)c1.[V]. The summed E-state index contributed by atoms with van der Waals surface area (Å²) in [5.41, 5.74) is 0. The van der Waals surface area contributed by atoms with Crippen molar-refractivity contribution >= 4 is 11.8 Å². The van der Waals surface area contributed by atoms with E-state index in [0.29, 0.717) is 11.5 Å². The van der Waals surface area contributed by atoms with Crippen molar-refractivity contribution in [3.63, 3.8) is 0 Å². The number of esters is 1. The molecule has 0 aromatic heterocycles. The van der Waals surface area contributed by atoms with Crippen LogP contribution in [0.15, 0.2) is 24.3 Å². The first kappa shape index (κ1) is 22.9. The van der Waals surface area contributed by atoms with E-state index in [0.717, 1.165) is 0 Å². The molecule has 0 N–H and O–H groups in total. The zero-order chi connectivity index (χ0) is 13.3. The molecule has 1 aromatic carbocycles. The smallest absolute Gasteiger partial charge is 0.318 e. The second-order valence-corrected chi connectivity index (χ2v) is 3.03. The van der Waals surface area contributed by atoms with E-state index in [9.17, 15) is 9.59 Å². The van der Waals surface area contributed by atoms with Gasteiger partial charge in [0.25, 0.3) is 0 Å². The van der Waals surface area contributed by atoms with Crippen LogP contribution in [0.5, 0.6) is 11.5 Å². The monoisotopic (exact) mass is 305 g/mol. The summed E-state index contributed by atoms with van der Waals surface area (Å²) >= 11 is 0. The maximum Gasteiger partial charge on any atom is 0.318 e. The van der Waals surface area contributed by atoms with Crippen molar-refractivity contribution < 1.29 is 37.6 Å². The molecule has 0 spiro atoms. The molecule has 19 heavy (non-hydrogen) atoms. The Morgan fingerprint density at radius 3 is 2.16 bits per heavy atom. The molecule has 0 aliphatic carbocycles. The molecule has 5 heteroatoms. The summed E-state index contributed by atoms with van der Waals surface area (Å²) in [5, 5.41) is 0. The number of methoxy groups -OCH3 is 1. The number of benzene rings is 1. The summed E-state index contributed by atoms with van der Waals surface area (Å²) < 4.78 is 9.89. The van der Waals surface area contributed by atoms with E-state index in [2.05, 4.69) is 0 Å². The average molecular weight is 305 g/mol. The largest absolute Gasteiger partial charge is 0.497 e. The molecule has 4 nitrogen and oxygen atoms in total. The van der Waals surface area contributed by atoms with E-state index >= 15 is 0 Å². The van der Waals surface area contributed by atoms with Crippen LogP contribution in [0.4, 0.5) is 0 Å². The standard InChI is InChI=1S/C11H12O4.C2H6.CH4.V/c1-8(12)6-11(13)15-10-5-3-4-9(7-10)14-2;1-2;;/h3-5,7H,6H2,1-2H3;1-2H3;1H4;. The van der Waals surface area contributed by atoms with Crippen molar-refractivity contribution in [2.24, 2.45) is 0 Å². The van der Waals surface area contributed by atoms with Crippen molar-refractivity contribution in [3.8, 4) is 11.5 Å². The Balaban J connectivity index is -0.000000609. The molecule has 1 rings (SSSR count). The Kier molecular flexibility index (Phi) is 15.9. The summed E-state index contributed by atoms with van der Waals surface area (Å²) in [5.74, 6) is 0.197. The second kappa shape index (κ2) is 13.2. The normalized spacial score (nSPS) is 7.79. The third kappa shape index (κ3) is 10.4. The van der Waals surface area contributed by atoms with Crippen molar-refractivity contribution in [1.82, 2.24) is 0 Å². The first-order valence-corrected chi connectivity index (χ1v) is 5.46. The van der Waals surface area contributed by atoms with Gasteiger partial charge >= 0.3 is 5.97 Å². The van der Waals surface area contributed by atoms with Gasteiger partial charge in [0, 0.05) is 24.6 Å². The topological polar surface area (TPSA) is 52.6 Å². The van der Waals surface area contributed by atoms with Gasteiger partial charge in [0.15, 0.2) is 0 Å². The van der Waals surface area contributed by atoms with Crippen molar-refractivity contribution in [3.05, 3.63) is 24.3 Å². The summed E-state index contributed by atoms with van der Waals surface area (Å²) in [6.07, 6.45) is -0.211. The van der Waals surface area contributed by atoms with Gasteiger partial charge in [-0.2, -0.15) is 0 Å². The molecule has 0 heterocycles. The summed E-state index contributed by atoms with van der Waals surface area (Å²) in [6.45, 7) is 5.34. The first-order chi connectivity index (χ1) is 8.11. The van der Waals surface area contributed by atoms with Crippen molar-refractivity contribution in [2.75, 3.05) is 7.11 Å². The summed E-state index contributed by atoms with van der Waals surface area (Å²) in [4.78, 5) is 21.8. The zero-order valence-corrected chi connectivity index (χ0v) is 12.5. The Morgan fingerprint density at radius 2 is 1.68 bits per heavy atom. The Labute approximate surface area is 127 Å². The van der Waals surface area contributed by atoms with Crippen LogP contribution in [0.25, 0.3) is 0 Å². The van der Waals surface area contributed by atoms with Crippen LogP contribution in [-0.4, -0.2) is 18.9 Å². The van der Waals surface area contributed by atoms with Crippen LogP contribution in [0.2, 0.25) is 0 Å². The fourth-order valence-corrected chi connectivity index (χ4v) is 1.04. The number of carbonyl (C=O) groups is 2. The Bertz CT molecular complexity index is 377. The quantitative estimate of drug-likeness (QED) is 0.487. The predicted octanol–water partition coefficient (Wildman–Crippen LogP) is 3.24. The molecule has 0 amide bonds. The molecular weight excluding hydrogens is 283 g/mol. The first-order valence-electron chi connectivity index (χ1n) is 5.46. The number of hydrogen-bond donors (Lipinski definition) is 0. The molecule has 0 saturated heterocycles. The van der Waals surface area contributed by atoms with Gasteiger partial charge in [-0.05, 0) is 19.1 Å². The summed E-state index contributed by atoms with van der Waals surface area (Å²) in [6, 6.07) is 6.65. The number of ether oxygens (including phenoxy) is 2. The van der Waals surface area contributed by atoms with E-state index in [-0.39, 0.29) is 38.2 Å². The second-order valence-electron chi connectivity index (χ2n) is 3.03. The molecule has 1 aromatic rings. The van der Waals surface area contributed by atoms with Crippen LogP contribution in [0.1, 0.15) is 34.6 Å². The fourth-order valence-electron chi connectivity index (χ4n) is 1.04. The predicted molar refractivity (Wildman–Crippen MR) is 72.0 cm³/mol. The molecule has 1 radical (unpaired) electrons. The van der Waals surface area contributed by atoms with Gasteiger partial charge < -0.3 is 9.47 Å². The number of rotatable bonds is 4. The molecule has 0 fully saturated rings.